The van der Waals surface area contributed by atoms with Crippen LogP contribution in [0.2, 0.25) is 0 Å². The van der Waals surface area contributed by atoms with Crippen LogP contribution in [0.3, 0.4) is 0 Å². The highest BCUT2D eigenvalue weighted by atomic mass is 19.2. The lowest BCUT2D eigenvalue weighted by Crippen LogP contribution is -2.39. The fourth-order valence-corrected chi connectivity index (χ4v) is 2.45. The molecule has 1 fully saturated rings. The molecule has 0 unspecified atom stereocenters. The first kappa shape index (κ1) is 14.9. The molecule has 1 aromatic carbocycles. The van der Waals surface area contributed by atoms with Crippen LogP contribution in [0.5, 0.6) is 0 Å². The Morgan fingerprint density at radius 3 is 2.80 bits per heavy atom. The number of hydrogen-bond donors (Lipinski definition) is 1. The second kappa shape index (κ2) is 6.28. The van der Waals surface area contributed by atoms with E-state index in [1.54, 1.807) is 7.11 Å². The number of carbonyl (C=O) groups excluding carboxylic acids is 1. The summed E-state index contributed by atoms with van der Waals surface area (Å²) < 4.78 is 31.1. The first-order valence-electron chi connectivity index (χ1n) is 6.42. The van der Waals surface area contributed by atoms with Gasteiger partial charge in [-0.25, -0.2) is 8.78 Å². The van der Waals surface area contributed by atoms with Crippen molar-refractivity contribution in [1.82, 2.24) is 4.90 Å². The molecule has 4 nitrogen and oxygen atoms in total. The van der Waals surface area contributed by atoms with Crippen LogP contribution in [0, 0.1) is 11.6 Å². The SMILES string of the molecule is CO[C@@H]1C[C@@H](CO)N(C(=O)Cc2ccc(F)c(F)c2)C1. The summed E-state index contributed by atoms with van der Waals surface area (Å²) in [6, 6.07) is 3.13. The van der Waals surface area contributed by atoms with E-state index in [9.17, 15) is 18.7 Å². The first-order chi connectivity index (χ1) is 9.55. The number of hydrogen-bond acceptors (Lipinski definition) is 3. The van der Waals surface area contributed by atoms with Crippen molar-refractivity contribution in [3.63, 3.8) is 0 Å². The van der Waals surface area contributed by atoms with Gasteiger partial charge in [0.2, 0.25) is 5.91 Å². The summed E-state index contributed by atoms with van der Waals surface area (Å²) >= 11 is 0. The topological polar surface area (TPSA) is 49.8 Å². The molecular weight excluding hydrogens is 268 g/mol. The van der Waals surface area contributed by atoms with Crippen molar-refractivity contribution in [1.29, 1.82) is 0 Å². The zero-order chi connectivity index (χ0) is 14.7. The molecule has 1 amide bonds. The van der Waals surface area contributed by atoms with Crippen LogP contribution in [-0.2, 0) is 16.0 Å². The van der Waals surface area contributed by atoms with Crippen LogP contribution in [0.1, 0.15) is 12.0 Å². The standard InChI is InChI=1S/C14H17F2NO3/c1-20-11-6-10(8-18)17(7-11)14(19)5-9-2-3-12(15)13(16)4-9/h2-4,10-11,18H,5-8H2,1H3/t10-,11+/m0/s1. The monoisotopic (exact) mass is 285 g/mol. The molecule has 6 heteroatoms. The van der Waals surface area contributed by atoms with Crippen LogP contribution >= 0.6 is 0 Å². The normalized spacial score (nSPS) is 22.3. The molecule has 1 heterocycles. The Labute approximate surface area is 116 Å². The number of aliphatic hydroxyl groups excluding tert-OH is 1. The van der Waals surface area contributed by atoms with E-state index in [0.717, 1.165) is 12.1 Å². The highest BCUT2D eigenvalue weighted by molar-refractivity contribution is 5.79. The molecule has 0 bridgehead atoms. The Bertz CT molecular complexity index is 495. The fourth-order valence-electron chi connectivity index (χ4n) is 2.45. The molecule has 0 saturated carbocycles. The van der Waals surface area contributed by atoms with Gasteiger partial charge in [0.15, 0.2) is 11.6 Å². The molecule has 0 aromatic heterocycles. The number of ether oxygens (including phenoxy) is 1. The van der Waals surface area contributed by atoms with Gasteiger partial charge in [-0.3, -0.25) is 4.79 Å². The van der Waals surface area contributed by atoms with Gasteiger partial charge in [0.25, 0.3) is 0 Å². The molecule has 0 aliphatic carbocycles. The number of benzene rings is 1. The zero-order valence-corrected chi connectivity index (χ0v) is 11.2. The number of methoxy groups -OCH3 is 1. The summed E-state index contributed by atoms with van der Waals surface area (Å²) in [6.45, 7) is 0.271. The summed E-state index contributed by atoms with van der Waals surface area (Å²) in [6.07, 6.45) is 0.460. The summed E-state index contributed by atoms with van der Waals surface area (Å²) in [5.74, 6) is -2.13. The van der Waals surface area contributed by atoms with Crippen LogP contribution in [0.4, 0.5) is 8.78 Å². The van der Waals surface area contributed by atoms with Crippen molar-refractivity contribution in [2.45, 2.75) is 25.0 Å². The Morgan fingerprint density at radius 2 is 2.20 bits per heavy atom. The number of amides is 1. The van der Waals surface area contributed by atoms with Crippen LogP contribution in [0.15, 0.2) is 18.2 Å². The maximum atomic E-state index is 13.1. The van der Waals surface area contributed by atoms with E-state index < -0.39 is 11.6 Å². The molecule has 1 aliphatic rings. The predicted molar refractivity (Wildman–Crippen MR) is 68.1 cm³/mol. The van der Waals surface area contributed by atoms with Crippen molar-refractivity contribution in [2.75, 3.05) is 20.3 Å². The molecule has 1 aromatic rings. The average Bonchev–Trinajstić information content (AvgIpc) is 2.86. The molecule has 0 spiro atoms. The van der Waals surface area contributed by atoms with Gasteiger partial charge in [0.1, 0.15) is 0 Å². The van der Waals surface area contributed by atoms with Crippen molar-refractivity contribution >= 4 is 5.91 Å². The fraction of sp³-hybridized carbons (Fsp3) is 0.500. The van der Waals surface area contributed by atoms with Gasteiger partial charge in [-0.1, -0.05) is 6.07 Å². The highest BCUT2D eigenvalue weighted by Crippen LogP contribution is 2.21. The van der Waals surface area contributed by atoms with Gasteiger partial charge in [-0.15, -0.1) is 0 Å². The molecule has 1 saturated heterocycles. The Morgan fingerprint density at radius 1 is 1.45 bits per heavy atom. The van der Waals surface area contributed by atoms with E-state index in [4.69, 9.17) is 4.74 Å². The number of rotatable bonds is 4. The lowest BCUT2D eigenvalue weighted by atomic mass is 10.1. The number of carbonyl (C=O) groups is 1. The van der Waals surface area contributed by atoms with Crippen LogP contribution in [0.25, 0.3) is 0 Å². The molecule has 2 rings (SSSR count). The van der Waals surface area contributed by atoms with Gasteiger partial charge in [-0.05, 0) is 24.1 Å². The van der Waals surface area contributed by atoms with Gasteiger partial charge < -0.3 is 14.7 Å². The van der Waals surface area contributed by atoms with E-state index >= 15 is 0 Å². The minimum atomic E-state index is -0.967. The summed E-state index contributed by atoms with van der Waals surface area (Å²) in [5, 5.41) is 9.29. The van der Waals surface area contributed by atoms with Gasteiger partial charge in [0, 0.05) is 13.7 Å². The van der Waals surface area contributed by atoms with Crippen molar-refractivity contribution in [3.8, 4) is 0 Å². The third kappa shape index (κ3) is 3.13. The quantitative estimate of drug-likeness (QED) is 0.902. The number of aliphatic hydroxyl groups is 1. The molecule has 0 radical (unpaired) electrons. The van der Waals surface area contributed by atoms with E-state index in [1.165, 1.54) is 11.0 Å². The Balaban J connectivity index is 2.05. The molecule has 2 atom stereocenters. The second-order valence-corrected chi connectivity index (χ2v) is 4.90. The summed E-state index contributed by atoms with van der Waals surface area (Å²) in [7, 11) is 1.56. The largest absolute Gasteiger partial charge is 0.394 e. The van der Waals surface area contributed by atoms with E-state index in [0.29, 0.717) is 18.5 Å². The van der Waals surface area contributed by atoms with Gasteiger partial charge in [0.05, 0.1) is 25.2 Å². The molecule has 110 valence electrons. The third-order valence-electron chi connectivity index (χ3n) is 3.58. The average molecular weight is 285 g/mol. The van der Waals surface area contributed by atoms with Crippen molar-refractivity contribution in [3.05, 3.63) is 35.4 Å². The Hall–Kier alpha value is -1.53. The van der Waals surface area contributed by atoms with E-state index in [1.807, 2.05) is 0 Å². The number of halogens is 2. The Kier molecular flexibility index (Phi) is 4.67. The lowest BCUT2D eigenvalue weighted by molar-refractivity contribution is -0.132. The van der Waals surface area contributed by atoms with Crippen LogP contribution in [-0.4, -0.2) is 48.3 Å². The first-order valence-corrected chi connectivity index (χ1v) is 6.42. The number of likely N-dealkylation sites (tertiary alicyclic amines) is 1. The minimum absolute atomic E-state index is 0.0237. The number of nitrogens with zero attached hydrogens (tertiary/aromatic N) is 1. The highest BCUT2D eigenvalue weighted by Gasteiger charge is 2.34. The second-order valence-electron chi connectivity index (χ2n) is 4.90. The van der Waals surface area contributed by atoms with E-state index in [-0.39, 0.29) is 31.1 Å². The van der Waals surface area contributed by atoms with Gasteiger partial charge in [-0.2, -0.15) is 0 Å². The molecule has 1 aliphatic heterocycles. The minimum Gasteiger partial charge on any atom is -0.394 e. The molecule has 20 heavy (non-hydrogen) atoms. The maximum absolute atomic E-state index is 13.1. The van der Waals surface area contributed by atoms with Gasteiger partial charge >= 0.3 is 0 Å². The zero-order valence-electron chi connectivity index (χ0n) is 11.2. The van der Waals surface area contributed by atoms with Crippen LogP contribution < -0.4 is 0 Å². The summed E-state index contributed by atoms with van der Waals surface area (Å²) in [5.41, 5.74) is 0.409. The molecular formula is C14H17F2NO3. The maximum Gasteiger partial charge on any atom is 0.227 e. The van der Waals surface area contributed by atoms with Crippen molar-refractivity contribution < 1.29 is 23.4 Å². The lowest BCUT2D eigenvalue weighted by Gasteiger charge is -2.22. The van der Waals surface area contributed by atoms with E-state index in [2.05, 4.69) is 0 Å². The summed E-state index contributed by atoms with van der Waals surface area (Å²) in [4.78, 5) is 13.7. The predicted octanol–water partition coefficient (Wildman–Crippen LogP) is 1.12. The third-order valence-corrected chi connectivity index (χ3v) is 3.58. The smallest absolute Gasteiger partial charge is 0.227 e. The van der Waals surface area contributed by atoms with Crippen molar-refractivity contribution in [2.24, 2.45) is 0 Å². The molecule has 1 N–H and O–H groups in total.